The molecule has 5 heteroatoms. The number of H-pyrrole nitrogens is 1. The first-order valence-corrected chi connectivity index (χ1v) is 5.72. The van der Waals surface area contributed by atoms with Crippen LogP contribution >= 0.6 is 11.6 Å². The normalized spacial score (nSPS) is 11.0. The first kappa shape index (κ1) is 11.0. The van der Waals surface area contributed by atoms with Crippen molar-refractivity contribution in [1.29, 1.82) is 0 Å². The van der Waals surface area contributed by atoms with Crippen LogP contribution in [0.1, 0.15) is 0 Å². The van der Waals surface area contributed by atoms with E-state index in [0.29, 0.717) is 27.6 Å². The van der Waals surface area contributed by atoms with Crippen molar-refractivity contribution in [2.24, 2.45) is 0 Å². The van der Waals surface area contributed by atoms with Gasteiger partial charge in [0.2, 0.25) is 0 Å². The van der Waals surface area contributed by atoms with E-state index in [1.807, 2.05) is 0 Å². The molecule has 0 atom stereocenters. The van der Waals surface area contributed by atoms with E-state index in [4.69, 9.17) is 17.3 Å². The number of aromatic nitrogens is 2. The Balaban J connectivity index is 2.19. The summed E-state index contributed by atoms with van der Waals surface area (Å²) in [6, 6.07) is 9.58. The fourth-order valence-electron chi connectivity index (χ4n) is 1.83. The molecule has 0 aliphatic rings. The summed E-state index contributed by atoms with van der Waals surface area (Å²) in [7, 11) is 0. The lowest BCUT2D eigenvalue weighted by atomic mass is 10.2. The number of imidazole rings is 1. The number of anilines is 1. The van der Waals surface area contributed by atoms with Gasteiger partial charge in [0.25, 0.3) is 0 Å². The summed E-state index contributed by atoms with van der Waals surface area (Å²) in [5, 5.41) is 0.509. The quantitative estimate of drug-likeness (QED) is 0.658. The minimum Gasteiger partial charge on any atom is -0.399 e. The van der Waals surface area contributed by atoms with Crippen LogP contribution < -0.4 is 5.73 Å². The van der Waals surface area contributed by atoms with E-state index in [-0.39, 0.29) is 5.82 Å². The molecule has 0 radical (unpaired) electrons. The highest BCUT2D eigenvalue weighted by atomic mass is 35.5. The second-order valence-electron chi connectivity index (χ2n) is 3.99. The van der Waals surface area contributed by atoms with Crippen LogP contribution in [-0.4, -0.2) is 9.97 Å². The number of nitrogens with one attached hydrogen (secondary N) is 1. The van der Waals surface area contributed by atoms with E-state index in [0.717, 1.165) is 5.56 Å². The summed E-state index contributed by atoms with van der Waals surface area (Å²) in [5.74, 6) is 0.293. The van der Waals surface area contributed by atoms with Crippen molar-refractivity contribution in [2.75, 3.05) is 5.73 Å². The van der Waals surface area contributed by atoms with Crippen LogP contribution in [0, 0.1) is 5.82 Å². The topological polar surface area (TPSA) is 54.7 Å². The second kappa shape index (κ2) is 3.99. The third-order valence-corrected chi connectivity index (χ3v) is 3.00. The Hall–Kier alpha value is -2.07. The Kier molecular flexibility index (Phi) is 2.45. The van der Waals surface area contributed by atoms with Crippen molar-refractivity contribution >= 4 is 28.3 Å². The second-order valence-corrected chi connectivity index (χ2v) is 4.39. The fraction of sp³-hybridized carbons (Fsp3) is 0. The van der Waals surface area contributed by atoms with Crippen molar-refractivity contribution in [3.8, 4) is 11.4 Å². The summed E-state index contributed by atoms with van der Waals surface area (Å²) >= 11 is 6.11. The molecule has 0 amide bonds. The number of benzene rings is 2. The van der Waals surface area contributed by atoms with Gasteiger partial charge in [0.15, 0.2) is 0 Å². The van der Waals surface area contributed by atoms with E-state index in [2.05, 4.69) is 9.97 Å². The number of hydrogen-bond donors (Lipinski definition) is 2. The van der Waals surface area contributed by atoms with Crippen LogP contribution in [0.25, 0.3) is 22.4 Å². The third kappa shape index (κ3) is 1.80. The molecule has 3 rings (SSSR count). The molecule has 0 aliphatic heterocycles. The Bertz CT molecular complexity index is 736. The zero-order valence-electron chi connectivity index (χ0n) is 9.24. The van der Waals surface area contributed by atoms with E-state index in [9.17, 15) is 4.39 Å². The summed E-state index contributed by atoms with van der Waals surface area (Å²) in [4.78, 5) is 7.40. The van der Waals surface area contributed by atoms with Gasteiger partial charge in [-0.15, -0.1) is 0 Å². The Morgan fingerprint density at radius 2 is 2.00 bits per heavy atom. The Morgan fingerprint density at radius 1 is 1.17 bits per heavy atom. The van der Waals surface area contributed by atoms with Crippen molar-refractivity contribution in [1.82, 2.24) is 9.97 Å². The zero-order chi connectivity index (χ0) is 12.7. The van der Waals surface area contributed by atoms with Crippen LogP contribution in [0.3, 0.4) is 0 Å². The first-order chi connectivity index (χ1) is 8.63. The molecule has 0 bridgehead atoms. The number of halogens is 2. The van der Waals surface area contributed by atoms with Crippen LogP contribution in [0.2, 0.25) is 5.02 Å². The van der Waals surface area contributed by atoms with Crippen molar-refractivity contribution in [2.45, 2.75) is 0 Å². The molecule has 2 aromatic carbocycles. The van der Waals surface area contributed by atoms with Crippen LogP contribution in [0.5, 0.6) is 0 Å². The maximum absolute atomic E-state index is 13.1. The molecule has 0 unspecified atom stereocenters. The van der Waals surface area contributed by atoms with Crippen LogP contribution in [0.15, 0.2) is 36.4 Å². The molecule has 0 spiro atoms. The van der Waals surface area contributed by atoms with Gasteiger partial charge < -0.3 is 10.7 Å². The largest absolute Gasteiger partial charge is 0.399 e. The predicted molar refractivity (Wildman–Crippen MR) is 70.9 cm³/mol. The number of nitrogen functional groups attached to an aromatic ring is 1. The van der Waals surface area contributed by atoms with Gasteiger partial charge in [0.1, 0.15) is 11.6 Å². The number of nitrogens with two attached hydrogens (primary N) is 1. The molecule has 1 aromatic heterocycles. The van der Waals surface area contributed by atoms with E-state index < -0.39 is 0 Å². The van der Waals surface area contributed by atoms with Gasteiger partial charge in [-0.05, 0) is 36.4 Å². The number of rotatable bonds is 1. The van der Waals surface area contributed by atoms with E-state index >= 15 is 0 Å². The summed E-state index contributed by atoms with van der Waals surface area (Å²) in [6.45, 7) is 0. The van der Waals surface area contributed by atoms with E-state index in [1.54, 1.807) is 24.3 Å². The van der Waals surface area contributed by atoms with Gasteiger partial charge in [0, 0.05) is 11.3 Å². The number of hydrogen-bond acceptors (Lipinski definition) is 2. The minimum absolute atomic E-state index is 0.305. The fourth-order valence-corrected chi connectivity index (χ4v) is 2.11. The maximum Gasteiger partial charge on any atom is 0.140 e. The lowest BCUT2D eigenvalue weighted by Crippen LogP contribution is -1.87. The average molecular weight is 262 g/mol. The minimum atomic E-state index is -0.305. The molecule has 1 heterocycles. The van der Waals surface area contributed by atoms with Gasteiger partial charge in [-0.3, -0.25) is 0 Å². The Labute approximate surface area is 107 Å². The van der Waals surface area contributed by atoms with Gasteiger partial charge in [-0.1, -0.05) is 11.6 Å². The van der Waals surface area contributed by atoms with Crippen LogP contribution in [0.4, 0.5) is 10.1 Å². The maximum atomic E-state index is 13.1. The third-order valence-electron chi connectivity index (χ3n) is 2.69. The van der Waals surface area contributed by atoms with Crippen molar-refractivity contribution in [3.63, 3.8) is 0 Å². The highest BCUT2D eigenvalue weighted by molar-refractivity contribution is 6.33. The standard InChI is InChI=1S/C13H9ClFN3/c14-10-6-8(16)2-3-9(10)13-17-11-4-1-7(15)5-12(11)18-13/h1-6H,16H2,(H,17,18). The lowest BCUT2D eigenvalue weighted by molar-refractivity contribution is 0.629. The molecule has 0 fully saturated rings. The summed E-state index contributed by atoms with van der Waals surface area (Å²) < 4.78 is 13.1. The molecule has 3 nitrogen and oxygen atoms in total. The highest BCUT2D eigenvalue weighted by Gasteiger charge is 2.09. The predicted octanol–water partition coefficient (Wildman–Crippen LogP) is 3.60. The van der Waals surface area contributed by atoms with Gasteiger partial charge in [-0.2, -0.15) is 0 Å². The SMILES string of the molecule is Nc1ccc(-c2nc3ccc(F)cc3[nH]2)c(Cl)c1. The molecule has 3 aromatic rings. The molecule has 0 saturated carbocycles. The lowest BCUT2D eigenvalue weighted by Gasteiger charge is -2.01. The molecular weight excluding hydrogens is 253 g/mol. The van der Waals surface area contributed by atoms with E-state index in [1.165, 1.54) is 12.1 Å². The monoisotopic (exact) mass is 261 g/mol. The number of aromatic amines is 1. The molecular formula is C13H9ClFN3. The Morgan fingerprint density at radius 3 is 2.78 bits per heavy atom. The van der Waals surface area contributed by atoms with Gasteiger partial charge in [0.05, 0.1) is 16.1 Å². The average Bonchev–Trinajstić information content (AvgIpc) is 2.71. The number of nitrogens with zero attached hydrogens (tertiary/aromatic N) is 1. The van der Waals surface area contributed by atoms with Gasteiger partial charge in [-0.25, -0.2) is 9.37 Å². The molecule has 18 heavy (non-hydrogen) atoms. The molecule has 3 N–H and O–H groups in total. The van der Waals surface area contributed by atoms with Crippen molar-refractivity contribution in [3.05, 3.63) is 47.2 Å². The first-order valence-electron chi connectivity index (χ1n) is 5.34. The molecule has 0 saturated heterocycles. The van der Waals surface area contributed by atoms with Crippen molar-refractivity contribution < 1.29 is 4.39 Å². The summed E-state index contributed by atoms with van der Waals surface area (Å²) in [5.41, 5.74) is 8.29. The molecule has 90 valence electrons. The molecule has 0 aliphatic carbocycles. The highest BCUT2D eigenvalue weighted by Crippen LogP contribution is 2.29. The summed E-state index contributed by atoms with van der Waals surface area (Å²) in [6.07, 6.45) is 0. The smallest absolute Gasteiger partial charge is 0.140 e. The zero-order valence-corrected chi connectivity index (χ0v) is 10.0. The van der Waals surface area contributed by atoms with Gasteiger partial charge >= 0.3 is 0 Å². The number of fused-ring (bicyclic) bond motifs is 1. The van der Waals surface area contributed by atoms with Crippen LogP contribution in [-0.2, 0) is 0 Å².